The van der Waals surface area contributed by atoms with E-state index in [0.29, 0.717) is 37.8 Å². The number of aromatic nitrogens is 1. The summed E-state index contributed by atoms with van der Waals surface area (Å²) < 4.78 is 78.5. The standard InChI is InChI=1S/C25H23F6N3O/c1-14-10-22(34-21-5-3-2-4-20(14)21)32-18-6-8-19(9-7-18)33-23(35)15-11-16(24(26,27)28)13-17(12-15)25(29,30)31/h2-5,10-13,18-19H,6-9H2,1H3,(H,32,34)(H,33,35)/t18-,19+. The van der Waals surface area contributed by atoms with E-state index in [4.69, 9.17) is 0 Å². The average Bonchev–Trinajstić information content (AvgIpc) is 2.79. The Morgan fingerprint density at radius 1 is 0.857 bits per heavy atom. The van der Waals surface area contributed by atoms with Gasteiger partial charge in [0.25, 0.3) is 5.91 Å². The minimum Gasteiger partial charge on any atom is -0.367 e. The Labute approximate surface area is 197 Å². The lowest BCUT2D eigenvalue weighted by Crippen LogP contribution is -2.40. The number of carbonyl (C=O) groups excluding carboxylic acids is 1. The lowest BCUT2D eigenvalue weighted by atomic mass is 9.90. The van der Waals surface area contributed by atoms with Crippen LogP contribution in [0.5, 0.6) is 0 Å². The molecule has 0 bridgehead atoms. The third-order valence-corrected chi connectivity index (χ3v) is 6.19. The number of amides is 1. The Balaban J connectivity index is 1.40. The number of anilines is 1. The van der Waals surface area contributed by atoms with Gasteiger partial charge in [0.1, 0.15) is 5.82 Å². The summed E-state index contributed by atoms with van der Waals surface area (Å²) in [5.41, 5.74) is -1.73. The first-order valence-electron chi connectivity index (χ1n) is 11.1. The van der Waals surface area contributed by atoms with E-state index in [1.807, 2.05) is 37.3 Å². The third kappa shape index (κ3) is 5.86. The lowest BCUT2D eigenvalue weighted by molar-refractivity contribution is -0.143. The number of halogens is 6. The maximum atomic E-state index is 13.1. The van der Waals surface area contributed by atoms with Crippen molar-refractivity contribution in [3.8, 4) is 0 Å². The van der Waals surface area contributed by atoms with Crippen molar-refractivity contribution in [2.45, 2.75) is 57.0 Å². The van der Waals surface area contributed by atoms with Gasteiger partial charge in [-0.3, -0.25) is 4.79 Å². The summed E-state index contributed by atoms with van der Waals surface area (Å²) in [6.45, 7) is 2.00. The van der Waals surface area contributed by atoms with Crippen LogP contribution in [0.2, 0.25) is 0 Å². The third-order valence-electron chi connectivity index (χ3n) is 6.19. The van der Waals surface area contributed by atoms with E-state index in [9.17, 15) is 31.1 Å². The van der Waals surface area contributed by atoms with Crippen molar-refractivity contribution < 1.29 is 31.1 Å². The molecule has 2 N–H and O–H groups in total. The Kier molecular flexibility index (Phi) is 6.66. The fraction of sp³-hybridized carbons (Fsp3) is 0.360. The van der Waals surface area contributed by atoms with Gasteiger partial charge in [0, 0.05) is 23.0 Å². The fourth-order valence-corrected chi connectivity index (χ4v) is 4.37. The van der Waals surface area contributed by atoms with Gasteiger partial charge < -0.3 is 10.6 Å². The maximum absolute atomic E-state index is 13.1. The van der Waals surface area contributed by atoms with Gasteiger partial charge >= 0.3 is 12.4 Å². The zero-order valence-corrected chi connectivity index (χ0v) is 18.7. The number of alkyl halides is 6. The molecule has 1 amide bonds. The highest BCUT2D eigenvalue weighted by atomic mass is 19.4. The van der Waals surface area contributed by atoms with Gasteiger partial charge in [0.15, 0.2) is 0 Å². The molecular formula is C25H23F6N3O. The summed E-state index contributed by atoms with van der Waals surface area (Å²) in [7, 11) is 0. The van der Waals surface area contributed by atoms with Crippen LogP contribution in [0.15, 0.2) is 48.5 Å². The van der Waals surface area contributed by atoms with E-state index < -0.39 is 35.0 Å². The fourth-order valence-electron chi connectivity index (χ4n) is 4.37. The molecule has 1 fully saturated rings. The van der Waals surface area contributed by atoms with Crippen molar-refractivity contribution in [3.05, 3.63) is 70.8 Å². The highest BCUT2D eigenvalue weighted by molar-refractivity contribution is 5.95. The van der Waals surface area contributed by atoms with Gasteiger partial charge in [-0.1, -0.05) is 18.2 Å². The first kappa shape index (κ1) is 24.8. The molecule has 1 aliphatic carbocycles. The zero-order valence-electron chi connectivity index (χ0n) is 18.7. The number of hydrogen-bond acceptors (Lipinski definition) is 3. The molecule has 0 spiro atoms. The normalized spacial score (nSPS) is 18.9. The molecular weight excluding hydrogens is 472 g/mol. The second-order valence-electron chi connectivity index (χ2n) is 8.80. The summed E-state index contributed by atoms with van der Waals surface area (Å²) in [6.07, 6.45) is -7.63. The molecule has 4 rings (SSSR count). The van der Waals surface area contributed by atoms with Crippen LogP contribution in [0.1, 0.15) is 52.7 Å². The van der Waals surface area contributed by atoms with Crippen molar-refractivity contribution in [1.82, 2.24) is 10.3 Å². The molecule has 2 aromatic carbocycles. The number of aryl methyl sites for hydroxylation is 1. The van der Waals surface area contributed by atoms with Crippen LogP contribution in [0.3, 0.4) is 0 Å². The van der Waals surface area contributed by atoms with E-state index in [-0.39, 0.29) is 18.2 Å². The Hall–Kier alpha value is -3.30. The molecule has 0 radical (unpaired) electrons. The highest BCUT2D eigenvalue weighted by Gasteiger charge is 2.37. The summed E-state index contributed by atoms with van der Waals surface area (Å²) in [5, 5.41) is 7.05. The minimum absolute atomic E-state index is 0.0101. The second kappa shape index (κ2) is 9.39. The summed E-state index contributed by atoms with van der Waals surface area (Å²) >= 11 is 0. The number of nitrogens with zero attached hydrogens (tertiary/aromatic N) is 1. The topological polar surface area (TPSA) is 54.0 Å². The number of pyridine rings is 1. The molecule has 0 unspecified atom stereocenters. The van der Waals surface area contributed by atoms with Crippen molar-refractivity contribution in [2.75, 3.05) is 5.32 Å². The molecule has 1 aliphatic rings. The first-order valence-corrected chi connectivity index (χ1v) is 11.1. The predicted octanol–water partition coefficient (Wildman–Crippen LogP) is 6.73. The van der Waals surface area contributed by atoms with Gasteiger partial charge in [0.05, 0.1) is 16.6 Å². The smallest absolute Gasteiger partial charge is 0.367 e. The van der Waals surface area contributed by atoms with Crippen LogP contribution in [0, 0.1) is 6.92 Å². The van der Waals surface area contributed by atoms with Crippen molar-refractivity contribution in [2.24, 2.45) is 0 Å². The molecule has 3 aromatic rings. The number of fused-ring (bicyclic) bond motifs is 1. The van der Waals surface area contributed by atoms with Crippen LogP contribution in [0.4, 0.5) is 32.2 Å². The predicted molar refractivity (Wildman–Crippen MR) is 120 cm³/mol. The maximum Gasteiger partial charge on any atom is 0.416 e. The van der Waals surface area contributed by atoms with Gasteiger partial charge in [0.2, 0.25) is 0 Å². The minimum atomic E-state index is -5.00. The van der Waals surface area contributed by atoms with E-state index >= 15 is 0 Å². The van der Waals surface area contributed by atoms with Crippen molar-refractivity contribution >= 4 is 22.6 Å². The van der Waals surface area contributed by atoms with E-state index in [0.717, 1.165) is 22.3 Å². The zero-order chi connectivity index (χ0) is 25.4. The van der Waals surface area contributed by atoms with Gasteiger partial charge in [-0.05, 0) is 68.5 Å². The van der Waals surface area contributed by atoms with Crippen LogP contribution >= 0.6 is 0 Å². The largest absolute Gasteiger partial charge is 0.416 e. The van der Waals surface area contributed by atoms with Crippen LogP contribution in [0.25, 0.3) is 10.9 Å². The van der Waals surface area contributed by atoms with Gasteiger partial charge in [-0.15, -0.1) is 0 Å². The van der Waals surface area contributed by atoms with Gasteiger partial charge in [-0.25, -0.2) is 4.98 Å². The number of carbonyl (C=O) groups is 1. The number of nitrogens with one attached hydrogen (secondary N) is 2. The van der Waals surface area contributed by atoms with E-state index in [1.165, 1.54) is 0 Å². The Bertz CT molecular complexity index is 1200. The number of rotatable bonds is 4. The molecule has 4 nitrogen and oxygen atoms in total. The van der Waals surface area contributed by atoms with Crippen LogP contribution in [-0.2, 0) is 12.4 Å². The molecule has 0 aliphatic heterocycles. The van der Waals surface area contributed by atoms with E-state index in [2.05, 4.69) is 15.6 Å². The number of hydrogen-bond donors (Lipinski definition) is 2. The first-order chi connectivity index (χ1) is 16.4. The molecule has 0 saturated heterocycles. The molecule has 0 atom stereocenters. The average molecular weight is 495 g/mol. The van der Waals surface area contributed by atoms with Crippen molar-refractivity contribution in [1.29, 1.82) is 0 Å². The van der Waals surface area contributed by atoms with Crippen LogP contribution in [-0.4, -0.2) is 23.0 Å². The Morgan fingerprint density at radius 2 is 1.43 bits per heavy atom. The molecule has 10 heteroatoms. The van der Waals surface area contributed by atoms with E-state index in [1.54, 1.807) is 0 Å². The SMILES string of the molecule is Cc1cc(N[C@H]2CC[C@@H](NC(=O)c3cc(C(F)(F)F)cc(C(F)(F)F)c3)CC2)nc2ccccc12. The summed E-state index contributed by atoms with van der Waals surface area (Å²) in [5.74, 6) is -0.220. The number of para-hydroxylation sites is 1. The molecule has 35 heavy (non-hydrogen) atoms. The lowest BCUT2D eigenvalue weighted by Gasteiger charge is -2.30. The monoisotopic (exact) mass is 495 g/mol. The molecule has 1 aromatic heterocycles. The molecule has 186 valence electrons. The van der Waals surface area contributed by atoms with Crippen molar-refractivity contribution in [3.63, 3.8) is 0 Å². The quantitative estimate of drug-likeness (QED) is 0.395. The summed E-state index contributed by atoms with van der Waals surface area (Å²) in [6, 6.07) is 10.4. The highest BCUT2D eigenvalue weighted by Crippen LogP contribution is 2.36. The summed E-state index contributed by atoms with van der Waals surface area (Å²) in [4.78, 5) is 17.2. The Morgan fingerprint density at radius 3 is 2.03 bits per heavy atom. The molecule has 1 saturated carbocycles. The molecule has 1 heterocycles. The second-order valence-corrected chi connectivity index (χ2v) is 8.80. The van der Waals surface area contributed by atoms with Crippen LogP contribution < -0.4 is 10.6 Å². The number of benzene rings is 2. The van der Waals surface area contributed by atoms with Gasteiger partial charge in [-0.2, -0.15) is 26.3 Å².